The number of anilines is 1. The van der Waals surface area contributed by atoms with Crippen molar-refractivity contribution in [1.82, 2.24) is 4.90 Å². The third-order valence-corrected chi connectivity index (χ3v) is 7.39. The van der Waals surface area contributed by atoms with Crippen LogP contribution in [0.5, 0.6) is 0 Å². The number of ether oxygens (including phenoxy) is 1. The van der Waals surface area contributed by atoms with Gasteiger partial charge in [-0.15, -0.1) is 0 Å². The molecule has 3 rings (SSSR count). The predicted octanol–water partition coefficient (Wildman–Crippen LogP) is 4.99. The van der Waals surface area contributed by atoms with E-state index >= 15 is 0 Å². The third kappa shape index (κ3) is 6.77. The number of amides is 3. The van der Waals surface area contributed by atoms with Crippen molar-refractivity contribution >= 4 is 33.4 Å². The lowest BCUT2D eigenvalue weighted by Crippen LogP contribution is -2.43. The number of hydrogen-bond donors (Lipinski definition) is 0. The van der Waals surface area contributed by atoms with E-state index in [0.29, 0.717) is 17.0 Å². The molecule has 1 heterocycles. The number of nitrogens with zero attached hydrogens (tertiary/aromatic N) is 2. The van der Waals surface area contributed by atoms with Crippen LogP contribution in [-0.4, -0.2) is 48.1 Å². The molecule has 3 amide bonds. The van der Waals surface area contributed by atoms with Crippen molar-refractivity contribution in [3.05, 3.63) is 64.7 Å². The van der Waals surface area contributed by atoms with Gasteiger partial charge in [-0.05, 0) is 76.1 Å². The Balaban J connectivity index is 1.94. The Hall–Kier alpha value is -3.55. The Kier molecular flexibility index (Phi) is 8.09. The Morgan fingerprint density at radius 1 is 0.975 bits per heavy atom. The molecule has 2 aromatic rings. The van der Waals surface area contributed by atoms with Gasteiger partial charge in [-0.2, -0.15) is 13.2 Å². The van der Waals surface area contributed by atoms with Crippen molar-refractivity contribution in [2.24, 2.45) is 0 Å². The second kappa shape index (κ2) is 10.5. The van der Waals surface area contributed by atoms with Crippen LogP contribution in [0.3, 0.4) is 0 Å². The van der Waals surface area contributed by atoms with E-state index in [1.165, 1.54) is 19.9 Å². The summed E-state index contributed by atoms with van der Waals surface area (Å²) in [5, 5.41) is 0. The molecule has 14 heteroatoms. The van der Waals surface area contributed by atoms with Crippen LogP contribution in [0.1, 0.15) is 51.3 Å². The third-order valence-electron chi connectivity index (χ3n) is 5.97. The Labute approximate surface area is 227 Å². The van der Waals surface area contributed by atoms with Crippen LogP contribution in [0.2, 0.25) is 0 Å². The van der Waals surface area contributed by atoms with Crippen LogP contribution in [0, 0.1) is 11.6 Å². The van der Waals surface area contributed by atoms with Crippen LogP contribution in [0.25, 0.3) is 0 Å². The maximum Gasteiger partial charge on any atom is 0.419 e. The van der Waals surface area contributed by atoms with E-state index in [1.54, 1.807) is 20.8 Å². The van der Waals surface area contributed by atoms with Crippen molar-refractivity contribution in [1.29, 1.82) is 0 Å². The minimum atomic E-state index is -5.09. The number of urea groups is 1. The lowest BCUT2D eigenvalue weighted by molar-refractivity contribution is -0.151. The molecule has 0 aromatic heterocycles. The molecular weight excluding hydrogens is 563 g/mol. The van der Waals surface area contributed by atoms with Crippen LogP contribution in [0.4, 0.5) is 32.4 Å². The number of alkyl halides is 3. The molecule has 1 fully saturated rings. The average molecular weight is 591 g/mol. The van der Waals surface area contributed by atoms with Gasteiger partial charge in [0.15, 0.2) is 9.84 Å². The van der Waals surface area contributed by atoms with Crippen LogP contribution >= 0.6 is 0 Å². The van der Waals surface area contributed by atoms with E-state index in [2.05, 4.69) is 0 Å². The standard InChI is InChI=1S/C26H27F5N2O6S/c1-24(2,3)39-21(34)14-40(37,38)13-16-10-17(27)7-6-15(16)12-32-23(36)33(22(35)25(32,4)5)18-8-9-20(28)19(11-18)26(29,30)31/h6-11H,12-14H2,1-5H3. The Morgan fingerprint density at radius 3 is 2.17 bits per heavy atom. The fraction of sp³-hybridized carbons (Fsp3) is 0.423. The number of imide groups is 1. The van der Waals surface area contributed by atoms with Crippen molar-refractivity contribution < 1.29 is 49.5 Å². The molecule has 0 saturated carbocycles. The summed E-state index contributed by atoms with van der Waals surface area (Å²) in [5.74, 6) is -6.12. The Morgan fingerprint density at radius 2 is 1.60 bits per heavy atom. The molecular formula is C26H27F5N2O6S. The van der Waals surface area contributed by atoms with Gasteiger partial charge in [-0.1, -0.05) is 6.07 Å². The van der Waals surface area contributed by atoms with Crippen molar-refractivity contribution in [2.45, 2.75) is 64.2 Å². The number of rotatable bonds is 7. The molecule has 0 radical (unpaired) electrons. The minimum absolute atomic E-state index is 0.0980. The Bertz CT molecular complexity index is 1460. The first-order chi connectivity index (χ1) is 18.1. The van der Waals surface area contributed by atoms with E-state index in [-0.39, 0.29) is 11.1 Å². The maximum absolute atomic E-state index is 14.1. The van der Waals surface area contributed by atoms with E-state index in [9.17, 15) is 44.8 Å². The van der Waals surface area contributed by atoms with Crippen molar-refractivity contribution in [3.63, 3.8) is 0 Å². The first-order valence-corrected chi connectivity index (χ1v) is 13.7. The second-order valence-corrected chi connectivity index (χ2v) is 12.8. The number of sulfone groups is 1. The zero-order valence-electron chi connectivity index (χ0n) is 22.2. The number of esters is 1. The van der Waals surface area contributed by atoms with Crippen LogP contribution < -0.4 is 4.90 Å². The van der Waals surface area contributed by atoms with Crippen LogP contribution in [-0.2, 0) is 42.6 Å². The predicted molar refractivity (Wildman–Crippen MR) is 134 cm³/mol. The van der Waals surface area contributed by atoms with Crippen molar-refractivity contribution in [2.75, 3.05) is 10.7 Å². The molecule has 0 unspecified atom stereocenters. The zero-order valence-corrected chi connectivity index (χ0v) is 23.0. The summed E-state index contributed by atoms with van der Waals surface area (Å²) in [6.45, 7) is 6.87. The fourth-order valence-electron chi connectivity index (χ4n) is 4.09. The highest BCUT2D eigenvalue weighted by atomic mass is 32.2. The van der Waals surface area contributed by atoms with E-state index in [0.717, 1.165) is 23.1 Å². The molecule has 1 aliphatic rings. The summed E-state index contributed by atoms with van der Waals surface area (Å²) >= 11 is 0. The lowest BCUT2D eigenvalue weighted by atomic mass is 10.0. The molecule has 40 heavy (non-hydrogen) atoms. The quantitative estimate of drug-likeness (QED) is 0.256. The molecule has 0 atom stereocenters. The summed E-state index contributed by atoms with van der Waals surface area (Å²) in [4.78, 5) is 40.0. The highest BCUT2D eigenvalue weighted by molar-refractivity contribution is 7.91. The molecule has 0 N–H and O–H groups in total. The molecule has 1 aliphatic heterocycles. The summed E-state index contributed by atoms with van der Waals surface area (Å²) in [5.41, 5.74) is -4.75. The van der Waals surface area contributed by atoms with E-state index in [4.69, 9.17) is 4.74 Å². The monoisotopic (exact) mass is 590 g/mol. The first-order valence-electron chi connectivity index (χ1n) is 11.8. The molecule has 0 spiro atoms. The summed E-state index contributed by atoms with van der Waals surface area (Å²) in [7, 11) is -4.17. The van der Waals surface area contributed by atoms with Gasteiger partial charge in [-0.25, -0.2) is 26.9 Å². The largest absolute Gasteiger partial charge is 0.459 e. The zero-order chi connectivity index (χ0) is 30.4. The van der Waals surface area contributed by atoms with Gasteiger partial charge in [0.1, 0.15) is 28.5 Å². The minimum Gasteiger partial charge on any atom is -0.459 e. The molecule has 8 nitrogen and oxygen atoms in total. The summed E-state index contributed by atoms with van der Waals surface area (Å²) in [6, 6.07) is 3.74. The second-order valence-electron chi connectivity index (χ2n) is 10.8. The van der Waals surface area contributed by atoms with Crippen LogP contribution in [0.15, 0.2) is 36.4 Å². The lowest BCUT2D eigenvalue weighted by Gasteiger charge is -2.28. The molecule has 218 valence electrons. The topological polar surface area (TPSA) is 101 Å². The molecule has 0 aliphatic carbocycles. The average Bonchev–Trinajstić information content (AvgIpc) is 2.92. The molecule has 0 bridgehead atoms. The first kappa shape index (κ1) is 31.0. The molecule has 2 aromatic carbocycles. The van der Waals surface area contributed by atoms with Gasteiger partial charge in [-0.3, -0.25) is 9.59 Å². The number of carbonyl (C=O) groups excluding carboxylic acids is 3. The van der Waals surface area contributed by atoms with Crippen molar-refractivity contribution in [3.8, 4) is 0 Å². The highest BCUT2D eigenvalue weighted by Gasteiger charge is 2.52. The normalized spacial score (nSPS) is 16.1. The van der Waals surface area contributed by atoms with Gasteiger partial charge < -0.3 is 9.64 Å². The van der Waals surface area contributed by atoms with Gasteiger partial charge in [0.05, 0.1) is 17.0 Å². The van der Waals surface area contributed by atoms with Gasteiger partial charge >= 0.3 is 18.2 Å². The summed E-state index contributed by atoms with van der Waals surface area (Å²) < 4.78 is 98.2. The van der Waals surface area contributed by atoms with Gasteiger partial charge in [0.2, 0.25) is 0 Å². The maximum atomic E-state index is 14.1. The smallest absolute Gasteiger partial charge is 0.419 e. The van der Waals surface area contributed by atoms with E-state index < -0.39 is 86.0 Å². The SMILES string of the molecule is CC(C)(C)OC(=O)CS(=O)(=O)Cc1cc(F)ccc1CN1C(=O)N(c2ccc(F)c(C(F)(F)F)c2)C(=O)C1(C)C. The highest BCUT2D eigenvalue weighted by Crippen LogP contribution is 2.38. The fourth-order valence-corrected chi connectivity index (χ4v) is 5.35. The molecule has 1 saturated heterocycles. The van der Waals surface area contributed by atoms with E-state index in [1.807, 2.05) is 0 Å². The van der Waals surface area contributed by atoms with Gasteiger partial charge in [0, 0.05) is 6.54 Å². The number of halogens is 5. The number of hydrogen-bond acceptors (Lipinski definition) is 6. The summed E-state index contributed by atoms with van der Waals surface area (Å²) in [6.07, 6.45) is -5.09. The number of carbonyl (C=O) groups is 3. The van der Waals surface area contributed by atoms with Gasteiger partial charge in [0.25, 0.3) is 5.91 Å². The number of benzene rings is 2.